The van der Waals surface area contributed by atoms with Crippen molar-refractivity contribution in [2.75, 3.05) is 0 Å². The molecule has 0 spiro atoms. The van der Waals surface area contributed by atoms with Gasteiger partial charge in [0, 0.05) is 10.6 Å². The monoisotopic (exact) mass is 271 g/mol. The van der Waals surface area contributed by atoms with Gasteiger partial charge in [-0.05, 0) is 44.0 Å². The van der Waals surface area contributed by atoms with Gasteiger partial charge in [-0.3, -0.25) is 0 Å². The number of hydrogen-bond donors (Lipinski definition) is 1. The second-order valence-electron chi connectivity index (χ2n) is 4.69. The highest BCUT2D eigenvalue weighted by molar-refractivity contribution is 7.99. The summed E-state index contributed by atoms with van der Waals surface area (Å²) in [4.78, 5) is 0.360. The van der Waals surface area contributed by atoms with Gasteiger partial charge in [-0.1, -0.05) is 23.7 Å². The molecular weight excluding hydrogens is 258 g/mol. The summed E-state index contributed by atoms with van der Waals surface area (Å²) >= 11 is 5.80. The van der Waals surface area contributed by atoms with E-state index in [0.717, 1.165) is 5.57 Å². The van der Waals surface area contributed by atoms with Gasteiger partial charge in [0.15, 0.2) is 0 Å². The van der Waals surface area contributed by atoms with Crippen molar-refractivity contribution >= 4 is 26.5 Å². The molecule has 1 aromatic carbocycles. The minimum Gasteiger partial charge on any atom is -0.207 e. The van der Waals surface area contributed by atoms with E-state index in [2.05, 4.69) is 4.72 Å². The van der Waals surface area contributed by atoms with E-state index in [9.17, 15) is 8.42 Å². The van der Waals surface area contributed by atoms with Crippen molar-refractivity contribution in [2.45, 2.75) is 26.3 Å². The first-order chi connectivity index (χ1) is 7.74. The Bertz CT molecular complexity index is 585. The van der Waals surface area contributed by atoms with Crippen molar-refractivity contribution in [2.24, 2.45) is 0 Å². The molecule has 1 aliphatic rings. The average Bonchev–Trinajstić information content (AvgIpc) is 2.34. The second-order valence-corrected chi connectivity index (χ2v) is 6.75. The highest BCUT2D eigenvalue weighted by Gasteiger charge is 2.40. The molecule has 0 unspecified atom stereocenters. The molecule has 3 nitrogen and oxygen atoms in total. The molecule has 1 N–H and O–H groups in total. The van der Waals surface area contributed by atoms with Crippen LogP contribution in [0.5, 0.6) is 0 Å². The molecular formula is C12H14ClNO2S. The summed E-state index contributed by atoms with van der Waals surface area (Å²) < 4.78 is 26.8. The zero-order valence-corrected chi connectivity index (χ0v) is 11.5. The summed E-state index contributed by atoms with van der Waals surface area (Å²) in [6, 6.07) is 6.83. The molecule has 0 amide bonds. The normalized spacial score (nSPS) is 21.9. The van der Waals surface area contributed by atoms with Crippen LogP contribution in [0.15, 0.2) is 29.8 Å². The fourth-order valence-electron chi connectivity index (χ4n) is 1.92. The van der Waals surface area contributed by atoms with Gasteiger partial charge in [-0.15, -0.1) is 0 Å². The molecule has 2 rings (SSSR count). The van der Waals surface area contributed by atoms with E-state index in [1.54, 1.807) is 24.3 Å². The third-order valence-electron chi connectivity index (χ3n) is 3.04. The first-order valence-corrected chi connectivity index (χ1v) is 7.11. The molecule has 0 fully saturated rings. The number of hydrogen-bond acceptors (Lipinski definition) is 2. The number of rotatable bonds is 1. The van der Waals surface area contributed by atoms with Crippen LogP contribution in [0, 0.1) is 0 Å². The maximum absolute atomic E-state index is 12.1. The molecule has 0 radical (unpaired) electrons. The Balaban J connectivity index is 2.65. The van der Waals surface area contributed by atoms with Gasteiger partial charge in [0.2, 0.25) is 10.0 Å². The van der Waals surface area contributed by atoms with Crippen LogP contribution >= 0.6 is 11.6 Å². The van der Waals surface area contributed by atoms with Gasteiger partial charge in [0.25, 0.3) is 0 Å². The van der Waals surface area contributed by atoms with Gasteiger partial charge in [0.1, 0.15) is 0 Å². The van der Waals surface area contributed by atoms with Crippen LogP contribution in [-0.2, 0) is 10.0 Å². The van der Waals surface area contributed by atoms with Crippen molar-refractivity contribution < 1.29 is 8.42 Å². The standard InChI is InChI=1S/C12H14ClNO2S/c1-8-11(9-4-6-10(13)7-5-9)17(15,16)14-12(8,2)3/h4-7,14H,1-3H3. The smallest absolute Gasteiger partial charge is 0.207 e. The summed E-state index contributed by atoms with van der Waals surface area (Å²) in [5.74, 6) is 0. The van der Waals surface area contributed by atoms with E-state index >= 15 is 0 Å². The van der Waals surface area contributed by atoms with E-state index in [0.29, 0.717) is 15.5 Å². The van der Waals surface area contributed by atoms with Crippen LogP contribution in [-0.4, -0.2) is 14.0 Å². The lowest BCUT2D eigenvalue weighted by molar-refractivity contribution is 0.533. The van der Waals surface area contributed by atoms with Gasteiger partial charge in [-0.25, -0.2) is 13.1 Å². The van der Waals surface area contributed by atoms with Gasteiger partial charge < -0.3 is 0 Å². The van der Waals surface area contributed by atoms with Crippen LogP contribution < -0.4 is 4.72 Å². The molecule has 1 aromatic rings. The molecule has 5 heteroatoms. The quantitative estimate of drug-likeness (QED) is 0.854. The lowest BCUT2D eigenvalue weighted by Crippen LogP contribution is -2.37. The molecule has 1 heterocycles. The predicted octanol–water partition coefficient (Wildman–Crippen LogP) is 2.78. The van der Waals surface area contributed by atoms with Crippen LogP contribution in [0.2, 0.25) is 5.02 Å². The molecule has 0 aromatic heterocycles. The summed E-state index contributed by atoms with van der Waals surface area (Å²) in [6.45, 7) is 5.53. The Morgan fingerprint density at radius 1 is 1.18 bits per heavy atom. The van der Waals surface area contributed by atoms with E-state index in [-0.39, 0.29) is 0 Å². The molecule has 0 aliphatic carbocycles. The van der Waals surface area contributed by atoms with E-state index in [1.165, 1.54) is 0 Å². The Morgan fingerprint density at radius 3 is 2.12 bits per heavy atom. The summed E-state index contributed by atoms with van der Waals surface area (Å²) in [5, 5.41) is 0.592. The minimum absolute atomic E-state index is 0.360. The van der Waals surface area contributed by atoms with Crippen LogP contribution in [0.25, 0.3) is 4.91 Å². The SMILES string of the molecule is CC1=C(c2ccc(Cl)cc2)S(=O)(=O)NC1(C)C. The Labute approximate surface area is 107 Å². The molecule has 0 bridgehead atoms. The van der Waals surface area contributed by atoms with Crippen LogP contribution in [0.1, 0.15) is 26.3 Å². The fourth-order valence-corrected chi connectivity index (χ4v) is 4.08. The minimum atomic E-state index is -3.42. The molecule has 17 heavy (non-hydrogen) atoms. The van der Waals surface area contributed by atoms with E-state index in [1.807, 2.05) is 20.8 Å². The maximum Gasteiger partial charge on any atom is 0.241 e. The summed E-state index contributed by atoms with van der Waals surface area (Å²) in [5.41, 5.74) is 0.957. The average molecular weight is 272 g/mol. The van der Waals surface area contributed by atoms with Gasteiger partial charge in [0.05, 0.1) is 4.91 Å². The maximum atomic E-state index is 12.1. The number of nitrogens with one attached hydrogen (secondary N) is 1. The lowest BCUT2D eigenvalue weighted by atomic mass is 9.95. The Kier molecular flexibility index (Phi) is 2.84. The second kappa shape index (κ2) is 3.83. The van der Waals surface area contributed by atoms with Crippen LogP contribution in [0.3, 0.4) is 0 Å². The Hall–Kier alpha value is -0.840. The first kappa shape index (κ1) is 12.6. The largest absolute Gasteiger partial charge is 0.241 e. The lowest BCUT2D eigenvalue weighted by Gasteiger charge is -2.18. The molecule has 1 aliphatic heterocycles. The van der Waals surface area contributed by atoms with Crippen molar-refractivity contribution in [3.05, 3.63) is 40.4 Å². The van der Waals surface area contributed by atoms with Gasteiger partial charge in [-0.2, -0.15) is 0 Å². The van der Waals surface area contributed by atoms with Crippen molar-refractivity contribution in [3.63, 3.8) is 0 Å². The molecule has 92 valence electrons. The third kappa shape index (κ3) is 2.12. The first-order valence-electron chi connectivity index (χ1n) is 5.25. The van der Waals surface area contributed by atoms with Crippen molar-refractivity contribution in [1.29, 1.82) is 0 Å². The van der Waals surface area contributed by atoms with Crippen molar-refractivity contribution in [3.8, 4) is 0 Å². The Morgan fingerprint density at radius 2 is 1.71 bits per heavy atom. The van der Waals surface area contributed by atoms with E-state index < -0.39 is 15.6 Å². The number of sulfonamides is 1. The zero-order valence-electron chi connectivity index (χ0n) is 9.91. The highest BCUT2D eigenvalue weighted by atomic mass is 35.5. The highest BCUT2D eigenvalue weighted by Crippen LogP contribution is 2.37. The number of benzene rings is 1. The van der Waals surface area contributed by atoms with Crippen molar-refractivity contribution in [1.82, 2.24) is 4.72 Å². The third-order valence-corrected chi connectivity index (χ3v) is 5.15. The summed E-state index contributed by atoms with van der Waals surface area (Å²) in [6.07, 6.45) is 0. The van der Waals surface area contributed by atoms with Gasteiger partial charge >= 0.3 is 0 Å². The van der Waals surface area contributed by atoms with E-state index in [4.69, 9.17) is 11.6 Å². The predicted molar refractivity (Wildman–Crippen MR) is 70.2 cm³/mol. The molecule has 0 atom stereocenters. The molecule has 0 saturated heterocycles. The summed E-state index contributed by atoms with van der Waals surface area (Å²) in [7, 11) is -3.42. The topological polar surface area (TPSA) is 46.2 Å². The zero-order chi connectivity index (χ0) is 12.8. The number of halogens is 1. The fraction of sp³-hybridized carbons (Fsp3) is 0.333. The van der Waals surface area contributed by atoms with Crippen LogP contribution in [0.4, 0.5) is 0 Å². The molecule has 0 saturated carbocycles.